The van der Waals surface area contributed by atoms with Gasteiger partial charge in [0.15, 0.2) is 9.84 Å². The van der Waals surface area contributed by atoms with Crippen molar-refractivity contribution in [3.8, 4) is 0 Å². The van der Waals surface area contributed by atoms with E-state index in [2.05, 4.69) is 10.6 Å². The molecule has 158 valence electrons. The Hall–Kier alpha value is -2.61. The van der Waals surface area contributed by atoms with Gasteiger partial charge in [-0.25, -0.2) is 8.42 Å². The first-order valence-corrected chi connectivity index (χ1v) is 11.2. The summed E-state index contributed by atoms with van der Waals surface area (Å²) in [6.07, 6.45) is 2.05. The number of nitrogens with one attached hydrogen (secondary N) is 2. The van der Waals surface area contributed by atoms with Crippen LogP contribution < -0.4 is 10.6 Å². The Morgan fingerprint density at radius 2 is 1.69 bits per heavy atom. The SMILES string of the molecule is CC[C@@H](C)NC(=O)C(=O)NC[C@H](c1ccco1)S(=O)(=O)c1ccc(C(C)C)cc1. The van der Waals surface area contributed by atoms with Crippen molar-refractivity contribution in [1.29, 1.82) is 0 Å². The van der Waals surface area contributed by atoms with Crippen LogP contribution in [0.2, 0.25) is 0 Å². The molecule has 0 aliphatic rings. The van der Waals surface area contributed by atoms with Crippen molar-refractivity contribution in [3.05, 3.63) is 54.0 Å². The molecule has 8 heteroatoms. The predicted octanol–water partition coefficient (Wildman–Crippen LogP) is 2.95. The Bertz CT molecular complexity index is 918. The minimum Gasteiger partial charge on any atom is -0.468 e. The Morgan fingerprint density at radius 3 is 2.21 bits per heavy atom. The van der Waals surface area contributed by atoms with E-state index in [0.717, 1.165) is 5.56 Å². The molecule has 0 fully saturated rings. The molecule has 2 aromatic rings. The molecular formula is C21H28N2O5S. The van der Waals surface area contributed by atoms with E-state index in [1.807, 2.05) is 20.8 Å². The lowest BCUT2D eigenvalue weighted by atomic mass is 10.0. The standard InChI is InChI=1S/C21H28N2O5S/c1-5-15(4)23-21(25)20(24)22-13-19(18-7-6-12-28-18)29(26,27)17-10-8-16(9-11-17)14(2)3/h6-12,14-15,19H,5,13H2,1-4H3,(H,22,24)(H,23,25)/t15-,19-/m1/s1. The van der Waals surface area contributed by atoms with Gasteiger partial charge >= 0.3 is 11.8 Å². The first kappa shape index (κ1) is 22.7. The zero-order valence-electron chi connectivity index (χ0n) is 17.1. The summed E-state index contributed by atoms with van der Waals surface area (Å²) in [7, 11) is -3.86. The molecular weight excluding hydrogens is 392 g/mol. The van der Waals surface area contributed by atoms with Crippen LogP contribution in [0.15, 0.2) is 52.0 Å². The van der Waals surface area contributed by atoms with Crippen molar-refractivity contribution in [2.45, 2.75) is 56.2 Å². The van der Waals surface area contributed by atoms with E-state index in [1.54, 1.807) is 37.3 Å². The van der Waals surface area contributed by atoms with Crippen LogP contribution in [-0.2, 0) is 19.4 Å². The van der Waals surface area contributed by atoms with Crippen molar-refractivity contribution in [2.75, 3.05) is 6.54 Å². The van der Waals surface area contributed by atoms with E-state index in [4.69, 9.17) is 4.42 Å². The van der Waals surface area contributed by atoms with Gasteiger partial charge in [0, 0.05) is 12.6 Å². The highest BCUT2D eigenvalue weighted by molar-refractivity contribution is 7.91. The number of carbonyl (C=O) groups is 2. The molecule has 2 atom stereocenters. The molecule has 0 aliphatic heterocycles. The molecule has 7 nitrogen and oxygen atoms in total. The summed E-state index contributed by atoms with van der Waals surface area (Å²) in [5.74, 6) is -1.21. The van der Waals surface area contributed by atoms with Crippen LogP contribution in [0.1, 0.15) is 56.6 Å². The fourth-order valence-corrected chi connectivity index (χ4v) is 4.29. The zero-order valence-corrected chi connectivity index (χ0v) is 18.0. The normalized spacial score (nSPS) is 13.7. The molecule has 1 aromatic heterocycles. The van der Waals surface area contributed by atoms with Gasteiger partial charge in [0.25, 0.3) is 0 Å². The summed E-state index contributed by atoms with van der Waals surface area (Å²) >= 11 is 0. The molecule has 2 amide bonds. The van der Waals surface area contributed by atoms with Crippen LogP contribution in [0.4, 0.5) is 0 Å². The number of furan rings is 1. The van der Waals surface area contributed by atoms with Crippen molar-refractivity contribution >= 4 is 21.7 Å². The second-order valence-corrected chi connectivity index (χ2v) is 9.40. The Labute approximate surface area is 171 Å². The Kier molecular flexibility index (Phi) is 7.61. The maximum atomic E-state index is 13.2. The van der Waals surface area contributed by atoms with Gasteiger partial charge in [0.1, 0.15) is 11.0 Å². The predicted molar refractivity (Wildman–Crippen MR) is 110 cm³/mol. The van der Waals surface area contributed by atoms with E-state index < -0.39 is 26.9 Å². The highest BCUT2D eigenvalue weighted by atomic mass is 32.2. The fraction of sp³-hybridized carbons (Fsp3) is 0.429. The molecule has 0 aliphatic carbocycles. The highest BCUT2D eigenvalue weighted by Crippen LogP contribution is 2.29. The smallest absolute Gasteiger partial charge is 0.309 e. The lowest BCUT2D eigenvalue weighted by Crippen LogP contribution is -2.45. The molecule has 29 heavy (non-hydrogen) atoms. The minimum atomic E-state index is -3.86. The lowest BCUT2D eigenvalue weighted by Gasteiger charge is -2.17. The highest BCUT2D eigenvalue weighted by Gasteiger charge is 2.32. The third-order valence-electron chi connectivity index (χ3n) is 4.75. The summed E-state index contributed by atoms with van der Waals surface area (Å²) < 4.78 is 31.7. The van der Waals surface area contributed by atoms with Gasteiger partial charge in [0.2, 0.25) is 0 Å². The maximum absolute atomic E-state index is 13.2. The van der Waals surface area contributed by atoms with Gasteiger partial charge in [0.05, 0.1) is 11.2 Å². The number of carbonyl (C=O) groups excluding carboxylic acids is 2. The number of rotatable bonds is 8. The van der Waals surface area contributed by atoms with E-state index in [1.165, 1.54) is 12.3 Å². The molecule has 0 radical (unpaired) electrons. The molecule has 1 aromatic carbocycles. The van der Waals surface area contributed by atoms with Gasteiger partial charge in [-0.15, -0.1) is 0 Å². The topological polar surface area (TPSA) is 105 Å². The molecule has 1 heterocycles. The van der Waals surface area contributed by atoms with Gasteiger partial charge < -0.3 is 15.1 Å². The zero-order chi connectivity index (χ0) is 21.6. The van der Waals surface area contributed by atoms with Crippen LogP contribution in [0.3, 0.4) is 0 Å². The van der Waals surface area contributed by atoms with Gasteiger partial charge in [-0.2, -0.15) is 0 Å². The second kappa shape index (κ2) is 9.73. The monoisotopic (exact) mass is 420 g/mol. The van der Waals surface area contributed by atoms with E-state index >= 15 is 0 Å². The van der Waals surface area contributed by atoms with E-state index in [9.17, 15) is 18.0 Å². The van der Waals surface area contributed by atoms with Crippen molar-refractivity contribution in [2.24, 2.45) is 0 Å². The van der Waals surface area contributed by atoms with Crippen LogP contribution in [-0.4, -0.2) is 32.8 Å². The van der Waals surface area contributed by atoms with Crippen LogP contribution in [0, 0.1) is 0 Å². The maximum Gasteiger partial charge on any atom is 0.309 e. The lowest BCUT2D eigenvalue weighted by molar-refractivity contribution is -0.139. The summed E-state index contributed by atoms with van der Waals surface area (Å²) in [5.41, 5.74) is 1.02. The number of benzene rings is 1. The quantitative estimate of drug-likeness (QED) is 0.639. The van der Waals surface area contributed by atoms with Gasteiger partial charge in [-0.3, -0.25) is 9.59 Å². The average Bonchev–Trinajstić information content (AvgIpc) is 3.21. The molecule has 2 N–H and O–H groups in total. The fourth-order valence-electron chi connectivity index (χ4n) is 2.70. The number of amides is 2. The van der Waals surface area contributed by atoms with Gasteiger partial charge in [-0.05, 0) is 49.1 Å². The molecule has 0 bridgehead atoms. The average molecular weight is 421 g/mol. The summed E-state index contributed by atoms with van der Waals surface area (Å²) in [4.78, 5) is 24.2. The van der Waals surface area contributed by atoms with Gasteiger partial charge in [-0.1, -0.05) is 32.9 Å². The van der Waals surface area contributed by atoms with Crippen LogP contribution >= 0.6 is 0 Å². The van der Waals surface area contributed by atoms with Crippen molar-refractivity contribution < 1.29 is 22.4 Å². The van der Waals surface area contributed by atoms with E-state index in [-0.39, 0.29) is 29.2 Å². The molecule has 2 rings (SSSR count). The summed E-state index contributed by atoms with van der Waals surface area (Å²) in [6, 6.07) is 9.62. The van der Waals surface area contributed by atoms with Crippen LogP contribution in [0.5, 0.6) is 0 Å². The first-order chi connectivity index (χ1) is 13.7. The number of hydrogen-bond donors (Lipinski definition) is 2. The largest absolute Gasteiger partial charge is 0.468 e. The van der Waals surface area contributed by atoms with E-state index in [0.29, 0.717) is 6.42 Å². The minimum absolute atomic E-state index is 0.126. The Balaban J connectivity index is 2.22. The number of sulfone groups is 1. The molecule has 0 saturated carbocycles. The van der Waals surface area contributed by atoms with Crippen LogP contribution in [0.25, 0.3) is 0 Å². The number of hydrogen-bond acceptors (Lipinski definition) is 5. The molecule has 0 unspecified atom stereocenters. The van der Waals surface area contributed by atoms with Crippen molar-refractivity contribution in [3.63, 3.8) is 0 Å². The summed E-state index contributed by atoms with van der Waals surface area (Å²) in [5, 5.41) is 3.82. The second-order valence-electron chi connectivity index (χ2n) is 7.27. The third kappa shape index (κ3) is 5.69. The Morgan fingerprint density at radius 1 is 1.03 bits per heavy atom. The summed E-state index contributed by atoms with van der Waals surface area (Å²) in [6.45, 7) is 7.42. The molecule has 0 spiro atoms. The van der Waals surface area contributed by atoms with Crippen molar-refractivity contribution in [1.82, 2.24) is 10.6 Å². The molecule has 0 saturated heterocycles. The first-order valence-electron chi connectivity index (χ1n) is 9.62. The third-order valence-corrected chi connectivity index (χ3v) is 6.83.